The normalized spacial score (nSPS) is 11.7. The van der Waals surface area contributed by atoms with E-state index in [1.807, 2.05) is 20.8 Å². The highest BCUT2D eigenvalue weighted by Gasteiger charge is 2.17. The van der Waals surface area contributed by atoms with Crippen LogP contribution in [0.1, 0.15) is 134 Å². The van der Waals surface area contributed by atoms with Gasteiger partial charge in [-0.25, -0.2) is 27.9 Å². The molecule has 0 aliphatic rings. The topological polar surface area (TPSA) is 145 Å². The van der Waals surface area contributed by atoms with Crippen molar-refractivity contribution in [1.29, 1.82) is 0 Å². The lowest BCUT2D eigenvalue weighted by Gasteiger charge is -2.19. The van der Waals surface area contributed by atoms with E-state index in [4.69, 9.17) is 14.6 Å². The average molecular weight is 634 g/mol. The summed E-state index contributed by atoms with van der Waals surface area (Å²) in [5.41, 5.74) is -0.520. The SMILES string of the molecule is CC(C)(C)OC(=O)CCCCCCCCCCCCCCCCCOc1ccc(S(=O)(=O)Nc2ncc(C(=O)O)cn2)cc1. The van der Waals surface area contributed by atoms with Gasteiger partial charge < -0.3 is 14.6 Å². The van der Waals surface area contributed by atoms with E-state index in [1.165, 1.54) is 82.8 Å². The van der Waals surface area contributed by atoms with Crippen molar-refractivity contribution in [3.8, 4) is 5.75 Å². The molecule has 2 rings (SSSR count). The smallest absolute Gasteiger partial charge is 0.338 e. The first-order valence-corrected chi connectivity index (χ1v) is 17.5. The van der Waals surface area contributed by atoms with E-state index in [9.17, 15) is 18.0 Å². The van der Waals surface area contributed by atoms with Gasteiger partial charge in [0.15, 0.2) is 0 Å². The number of rotatable bonds is 23. The Balaban J connectivity index is 1.41. The van der Waals surface area contributed by atoms with Crippen LogP contribution in [0.25, 0.3) is 0 Å². The molecule has 1 heterocycles. The van der Waals surface area contributed by atoms with Crippen LogP contribution in [0.4, 0.5) is 5.95 Å². The number of hydrogen-bond acceptors (Lipinski definition) is 8. The van der Waals surface area contributed by atoms with Crippen LogP contribution in [-0.4, -0.2) is 47.6 Å². The first-order chi connectivity index (χ1) is 21.0. The molecule has 0 spiro atoms. The fourth-order valence-corrected chi connectivity index (χ4v) is 5.60. The summed E-state index contributed by atoms with van der Waals surface area (Å²) in [5.74, 6) is -0.880. The molecule has 10 nitrogen and oxygen atoms in total. The minimum atomic E-state index is -3.91. The Morgan fingerprint density at radius 3 is 1.66 bits per heavy atom. The average Bonchev–Trinajstić information content (AvgIpc) is 2.96. The Kier molecular flexibility index (Phi) is 16.8. The highest BCUT2D eigenvalue weighted by molar-refractivity contribution is 7.92. The van der Waals surface area contributed by atoms with Crippen LogP contribution in [0, 0.1) is 0 Å². The lowest BCUT2D eigenvalue weighted by Crippen LogP contribution is -2.23. The molecule has 0 aliphatic heterocycles. The third kappa shape index (κ3) is 16.6. The number of aromatic nitrogens is 2. The van der Waals surface area contributed by atoms with E-state index >= 15 is 0 Å². The van der Waals surface area contributed by atoms with Crippen LogP contribution in [0.5, 0.6) is 5.75 Å². The van der Waals surface area contributed by atoms with Crippen molar-refractivity contribution in [2.75, 3.05) is 11.3 Å². The Morgan fingerprint density at radius 1 is 0.750 bits per heavy atom. The van der Waals surface area contributed by atoms with Gasteiger partial charge in [0.1, 0.15) is 11.4 Å². The molecule has 2 aromatic rings. The molecule has 0 saturated heterocycles. The summed E-state index contributed by atoms with van der Waals surface area (Å²) in [6.45, 7) is 6.30. The number of benzene rings is 1. The zero-order valence-electron chi connectivity index (χ0n) is 26.7. The van der Waals surface area contributed by atoms with Crippen LogP contribution in [-0.2, 0) is 19.6 Å². The molecule has 0 saturated carbocycles. The molecule has 44 heavy (non-hydrogen) atoms. The van der Waals surface area contributed by atoms with Gasteiger partial charge in [-0.05, 0) is 57.9 Å². The lowest BCUT2D eigenvalue weighted by molar-refractivity contribution is -0.154. The third-order valence-corrected chi connectivity index (χ3v) is 8.32. The monoisotopic (exact) mass is 633 g/mol. The number of esters is 1. The predicted molar refractivity (Wildman–Crippen MR) is 171 cm³/mol. The number of nitrogens with one attached hydrogen (secondary N) is 1. The van der Waals surface area contributed by atoms with Crippen molar-refractivity contribution in [2.24, 2.45) is 0 Å². The Hall–Kier alpha value is -3.21. The van der Waals surface area contributed by atoms with Crippen molar-refractivity contribution in [3.63, 3.8) is 0 Å². The van der Waals surface area contributed by atoms with E-state index in [0.29, 0.717) is 18.8 Å². The largest absolute Gasteiger partial charge is 0.494 e. The van der Waals surface area contributed by atoms with Crippen molar-refractivity contribution in [1.82, 2.24) is 9.97 Å². The molecular weight excluding hydrogens is 582 g/mol. The number of nitrogens with zero attached hydrogens (tertiary/aromatic N) is 2. The van der Waals surface area contributed by atoms with Gasteiger partial charge in [0.2, 0.25) is 5.95 Å². The first kappa shape index (κ1) is 37.0. The lowest BCUT2D eigenvalue weighted by atomic mass is 10.0. The van der Waals surface area contributed by atoms with Crippen molar-refractivity contribution >= 4 is 27.9 Å². The van der Waals surface area contributed by atoms with Gasteiger partial charge in [-0.2, -0.15) is 0 Å². The minimum absolute atomic E-state index is 0.0273. The van der Waals surface area contributed by atoms with Gasteiger partial charge in [0.25, 0.3) is 10.0 Å². The van der Waals surface area contributed by atoms with Crippen LogP contribution in [0.3, 0.4) is 0 Å². The molecule has 1 aromatic heterocycles. The number of hydrogen-bond donors (Lipinski definition) is 2. The molecule has 0 aliphatic carbocycles. The molecule has 1 aromatic carbocycles. The minimum Gasteiger partial charge on any atom is -0.494 e. The fourth-order valence-electron chi connectivity index (χ4n) is 4.64. The first-order valence-electron chi connectivity index (χ1n) is 16.0. The van der Waals surface area contributed by atoms with Crippen LogP contribution in [0.2, 0.25) is 0 Å². The number of unbranched alkanes of at least 4 members (excludes halogenated alkanes) is 14. The second-order valence-electron chi connectivity index (χ2n) is 12.2. The third-order valence-electron chi connectivity index (χ3n) is 6.97. The Morgan fingerprint density at radius 2 is 1.20 bits per heavy atom. The van der Waals surface area contributed by atoms with E-state index in [2.05, 4.69) is 14.7 Å². The maximum atomic E-state index is 12.5. The van der Waals surface area contributed by atoms with Crippen LogP contribution >= 0.6 is 0 Å². The summed E-state index contributed by atoms with van der Waals surface area (Å²) >= 11 is 0. The van der Waals surface area contributed by atoms with Crippen LogP contribution < -0.4 is 9.46 Å². The van der Waals surface area contributed by atoms with E-state index < -0.39 is 16.0 Å². The number of carboxylic acid groups (broad SMARTS) is 1. The van der Waals surface area contributed by atoms with Crippen molar-refractivity contribution in [3.05, 3.63) is 42.2 Å². The van der Waals surface area contributed by atoms with Gasteiger partial charge >= 0.3 is 11.9 Å². The molecule has 0 bridgehead atoms. The molecular formula is C33H51N3O7S. The van der Waals surface area contributed by atoms with Gasteiger partial charge in [-0.1, -0.05) is 83.5 Å². The second-order valence-corrected chi connectivity index (χ2v) is 13.8. The molecule has 0 fully saturated rings. The summed E-state index contributed by atoms with van der Waals surface area (Å²) in [5, 5.41) is 8.89. The summed E-state index contributed by atoms with van der Waals surface area (Å²) in [4.78, 5) is 30.1. The maximum absolute atomic E-state index is 12.5. The predicted octanol–water partition coefficient (Wildman–Crippen LogP) is 7.94. The highest BCUT2D eigenvalue weighted by atomic mass is 32.2. The van der Waals surface area contributed by atoms with Gasteiger partial charge in [-0.3, -0.25) is 4.79 Å². The number of carbonyl (C=O) groups is 2. The molecule has 2 N–H and O–H groups in total. The standard InChI is InChI=1S/C33H51N3O7S/c1-33(2,3)43-30(37)19-17-15-13-11-9-7-5-4-6-8-10-12-14-16-18-24-42-28-20-22-29(23-21-28)44(40,41)36-32-34-25-27(26-35-32)31(38)39/h20-23,25-26H,4-19,24H2,1-3H3,(H,38,39)(H,34,35,36). The van der Waals surface area contributed by atoms with E-state index in [-0.39, 0.29) is 28.0 Å². The zero-order valence-corrected chi connectivity index (χ0v) is 27.5. The zero-order chi connectivity index (χ0) is 32.3. The van der Waals surface area contributed by atoms with Crippen molar-refractivity contribution < 1.29 is 32.6 Å². The van der Waals surface area contributed by atoms with Crippen molar-refractivity contribution in [2.45, 2.75) is 134 Å². The number of ether oxygens (including phenoxy) is 2. The molecule has 0 amide bonds. The van der Waals surface area contributed by atoms with Gasteiger partial charge in [0, 0.05) is 18.8 Å². The van der Waals surface area contributed by atoms with Gasteiger partial charge in [0.05, 0.1) is 17.1 Å². The van der Waals surface area contributed by atoms with E-state index in [1.54, 1.807) is 12.1 Å². The molecule has 0 radical (unpaired) electrons. The summed E-state index contributed by atoms with van der Waals surface area (Å²) < 4.78 is 38.4. The van der Waals surface area contributed by atoms with Crippen LogP contribution in [0.15, 0.2) is 41.6 Å². The summed E-state index contributed by atoms with van der Waals surface area (Å²) in [6, 6.07) is 6.11. The maximum Gasteiger partial charge on any atom is 0.338 e. The number of carboxylic acids is 1. The second kappa shape index (κ2) is 19.9. The molecule has 0 atom stereocenters. The van der Waals surface area contributed by atoms with Gasteiger partial charge in [-0.15, -0.1) is 0 Å². The summed E-state index contributed by atoms with van der Waals surface area (Å²) in [7, 11) is -3.91. The molecule has 0 unspecified atom stereocenters. The number of carbonyl (C=O) groups excluding carboxylic acids is 1. The Bertz CT molecular complexity index is 1210. The number of aromatic carboxylic acids is 1. The fraction of sp³-hybridized carbons (Fsp3) is 0.636. The van der Waals surface area contributed by atoms with E-state index in [0.717, 1.165) is 38.1 Å². The summed E-state index contributed by atoms with van der Waals surface area (Å²) in [6.07, 6.45) is 20.7. The quantitative estimate of drug-likeness (QED) is 0.0920. The molecule has 11 heteroatoms. The molecule has 246 valence electrons. The number of sulfonamides is 1. The Labute approximate surface area is 263 Å². The number of anilines is 1. The highest BCUT2D eigenvalue weighted by Crippen LogP contribution is 2.19.